The van der Waals surface area contributed by atoms with Gasteiger partial charge in [-0.05, 0) is 70.1 Å². The average Bonchev–Trinajstić information content (AvgIpc) is 3.31. The van der Waals surface area contributed by atoms with Gasteiger partial charge in [-0.15, -0.1) is 0 Å². The minimum Gasteiger partial charge on any atom is -0.381 e. The molecule has 2 amide bonds. The van der Waals surface area contributed by atoms with Gasteiger partial charge in [0.15, 0.2) is 0 Å². The Kier molecular flexibility index (Phi) is 8.51. The first-order chi connectivity index (χ1) is 17.2. The number of carbonyl (C=O) groups excluding carboxylic acids is 2. The van der Waals surface area contributed by atoms with Crippen LogP contribution in [0.4, 0.5) is 5.69 Å². The zero-order chi connectivity index (χ0) is 25.7. The topological polar surface area (TPSA) is 102 Å². The van der Waals surface area contributed by atoms with E-state index in [4.69, 9.17) is 4.74 Å². The van der Waals surface area contributed by atoms with Gasteiger partial charge in [0.1, 0.15) is 6.04 Å². The molecule has 1 saturated heterocycles. The van der Waals surface area contributed by atoms with Gasteiger partial charge >= 0.3 is 0 Å². The van der Waals surface area contributed by atoms with Crippen LogP contribution in [-0.4, -0.2) is 62.9 Å². The van der Waals surface area contributed by atoms with Crippen LogP contribution in [0.1, 0.15) is 67.4 Å². The Morgan fingerprint density at radius 3 is 2.56 bits per heavy atom. The monoisotopic (exact) mass is 514 g/mol. The first kappa shape index (κ1) is 26.4. The van der Waals surface area contributed by atoms with Crippen molar-refractivity contribution >= 4 is 32.4 Å². The Hall–Kier alpha value is -2.65. The molecule has 8 nitrogen and oxygen atoms in total. The zero-order valence-electron chi connectivity index (χ0n) is 21.4. The van der Waals surface area contributed by atoms with E-state index in [1.54, 1.807) is 42.3 Å². The number of anilines is 1. The van der Waals surface area contributed by atoms with Crippen LogP contribution in [0.3, 0.4) is 0 Å². The summed E-state index contributed by atoms with van der Waals surface area (Å²) < 4.78 is 19.5. The predicted octanol–water partition coefficient (Wildman–Crippen LogP) is 3.49. The van der Waals surface area contributed by atoms with Gasteiger partial charge in [0.05, 0.1) is 17.9 Å². The second-order valence-electron chi connectivity index (χ2n) is 10.6. The van der Waals surface area contributed by atoms with Crippen LogP contribution in [0.15, 0.2) is 36.7 Å². The highest BCUT2D eigenvalue weighted by Gasteiger charge is 2.33. The number of hydrogen-bond acceptors (Lipinski definition) is 5. The van der Waals surface area contributed by atoms with Crippen molar-refractivity contribution in [2.75, 3.05) is 31.0 Å². The minimum absolute atomic E-state index is 0.0652. The molecule has 0 unspecified atom stereocenters. The molecule has 1 saturated carbocycles. The van der Waals surface area contributed by atoms with E-state index < -0.39 is 15.6 Å². The number of nitrogens with zero attached hydrogens (tertiary/aromatic N) is 2. The van der Waals surface area contributed by atoms with E-state index >= 15 is 0 Å². The lowest BCUT2D eigenvalue weighted by molar-refractivity contribution is -0.119. The van der Waals surface area contributed by atoms with Crippen LogP contribution < -0.4 is 10.6 Å². The van der Waals surface area contributed by atoms with Crippen molar-refractivity contribution in [1.29, 1.82) is 0 Å². The van der Waals surface area contributed by atoms with Crippen molar-refractivity contribution in [1.82, 2.24) is 15.1 Å². The van der Waals surface area contributed by atoms with Crippen molar-refractivity contribution < 1.29 is 18.5 Å². The van der Waals surface area contributed by atoms with Crippen molar-refractivity contribution in [3.05, 3.63) is 47.8 Å². The van der Waals surface area contributed by atoms with E-state index in [-0.39, 0.29) is 23.8 Å². The second-order valence-corrected chi connectivity index (χ2v) is 13.4. The van der Waals surface area contributed by atoms with E-state index in [0.717, 1.165) is 44.1 Å². The molecule has 1 aliphatic carbocycles. The Morgan fingerprint density at radius 2 is 1.86 bits per heavy atom. The highest BCUT2D eigenvalue weighted by Crippen LogP contribution is 2.31. The maximum Gasteiger partial charge on any atom is 0.251 e. The number of carbonyl (C=O) groups is 2. The minimum atomic E-state index is -2.11. The zero-order valence-corrected chi connectivity index (χ0v) is 22.3. The van der Waals surface area contributed by atoms with Crippen molar-refractivity contribution in [2.45, 2.75) is 57.5 Å². The maximum atomic E-state index is 13.5. The summed E-state index contributed by atoms with van der Waals surface area (Å²) in [6.07, 6.45) is 12.5. The standard InChI is InChI=1S/C27H38N4O4S/c1-19-7-9-21(10-8-19)25(30-26(32)22-6-4-5-20(15-22)18-36(2,3)34)27(33)29-23-16-28-31(17-23)24-11-13-35-14-12-24/h4-6,15-19,21,24-25H,7-14H2,1-3H3,(H,29,33)(H,30,32)/t19?,21?,25-/m0/s1. The Balaban J connectivity index is 1.50. The van der Waals surface area contributed by atoms with Crippen LogP contribution in [0.25, 0.3) is 0 Å². The maximum absolute atomic E-state index is 13.5. The molecular formula is C27H38N4O4S. The molecule has 0 spiro atoms. The van der Waals surface area contributed by atoms with Crippen molar-refractivity contribution in [2.24, 2.45) is 11.8 Å². The van der Waals surface area contributed by atoms with E-state index in [0.29, 0.717) is 30.4 Å². The Labute approximate surface area is 214 Å². The SMILES string of the molecule is CC1CCC([C@H](NC(=O)c2cccc(C=S(C)(C)=O)c2)C(=O)Nc2cnn(C3CCOCC3)c2)CC1. The molecule has 2 fully saturated rings. The summed E-state index contributed by atoms with van der Waals surface area (Å²) in [6, 6.07) is 6.66. The predicted molar refractivity (Wildman–Crippen MR) is 144 cm³/mol. The van der Waals surface area contributed by atoms with Gasteiger partial charge in [0.2, 0.25) is 5.91 Å². The quantitative estimate of drug-likeness (QED) is 0.551. The normalized spacial score (nSPS) is 22.0. The summed E-state index contributed by atoms with van der Waals surface area (Å²) in [7, 11) is -2.11. The number of aromatic nitrogens is 2. The lowest BCUT2D eigenvalue weighted by Gasteiger charge is -2.32. The van der Waals surface area contributed by atoms with Gasteiger partial charge in [0, 0.05) is 37.5 Å². The third kappa shape index (κ3) is 7.20. The van der Waals surface area contributed by atoms with Gasteiger partial charge < -0.3 is 15.4 Å². The van der Waals surface area contributed by atoms with Crippen molar-refractivity contribution in [3.63, 3.8) is 0 Å². The summed E-state index contributed by atoms with van der Waals surface area (Å²) in [5.41, 5.74) is 1.81. The Bertz CT molecular complexity index is 1180. The molecule has 4 rings (SSSR count). The molecule has 2 aromatic rings. The van der Waals surface area contributed by atoms with E-state index in [9.17, 15) is 13.8 Å². The van der Waals surface area contributed by atoms with Crippen molar-refractivity contribution in [3.8, 4) is 0 Å². The van der Waals surface area contributed by atoms with E-state index in [1.165, 1.54) is 0 Å². The number of benzene rings is 1. The molecule has 36 heavy (non-hydrogen) atoms. The number of rotatable bonds is 7. The molecule has 9 heteroatoms. The molecule has 196 valence electrons. The van der Waals surface area contributed by atoms with Crippen LogP contribution in [0.2, 0.25) is 0 Å². The molecule has 1 aromatic heterocycles. The molecule has 2 aliphatic rings. The lowest BCUT2D eigenvalue weighted by Crippen LogP contribution is -2.49. The highest BCUT2D eigenvalue weighted by molar-refractivity contribution is 8.00. The fourth-order valence-corrected chi connectivity index (χ4v) is 5.90. The van der Waals surface area contributed by atoms with E-state index in [2.05, 4.69) is 22.7 Å². The van der Waals surface area contributed by atoms with Gasteiger partial charge in [-0.1, -0.05) is 31.9 Å². The summed E-state index contributed by atoms with van der Waals surface area (Å²) in [5, 5.41) is 12.1. The third-order valence-electron chi connectivity index (χ3n) is 7.10. The number of nitrogens with one attached hydrogen (secondary N) is 2. The average molecular weight is 515 g/mol. The summed E-state index contributed by atoms with van der Waals surface area (Å²) >= 11 is 0. The summed E-state index contributed by atoms with van der Waals surface area (Å²) in [4.78, 5) is 26.7. The first-order valence-corrected chi connectivity index (χ1v) is 15.2. The molecule has 2 N–H and O–H groups in total. The number of hydrogen-bond donors (Lipinski definition) is 2. The summed E-state index contributed by atoms with van der Waals surface area (Å²) in [5.74, 6) is 0.168. The Morgan fingerprint density at radius 1 is 1.14 bits per heavy atom. The van der Waals surface area contributed by atoms with Crippen LogP contribution >= 0.6 is 0 Å². The molecule has 2 heterocycles. The fraction of sp³-hybridized carbons (Fsp3) is 0.556. The van der Waals surface area contributed by atoms with Gasteiger partial charge in [-0.3, -0.25) is 18.5 Å². The second kappa shape index (κ2) is 11.6. The molecular weight excluding hydrogens is 476 g/mol. The van der Waals surface area contributed by atoms with E-state index in [1.807, 2.05) is 16.9 Å². The molecule has 1 atom stereocenters. The van der Waals surface area contributed by atoms with Gasteiger partial charge in [-0.2, -0.15) is 5.10 Å². The first-order valence-electron chi connectivity index (χ1n) is 12.8. The molecule has 0 radical (unpaired) electrons. The molecule has 1 aliphatic heterocycles. The largest absolute Gasteiger partial charge is 0.381 e. The number of ether oxygens (including phenoxy) is 1. The lowest BCUT2D eigenvalue weighted by atomic mass is 9.79. The number of amides is 2. The molecule has 1 aromatic carbocycles. The van der Waals surface area contributed by atoms with Crippen LogP contribution in [0, 0.1) is 11.8 Å². The van der Waals surface area contributed by atoms with Crippen LogP contribution in [-0.2, 0) is 19.1 Å². The fourth-order valence-electron chi connectivity index (χ4n) is 5.09. The third-order valence-corrected chi connectivity index (χ3v) is 7.94. The van der Waals surface area contributed by atoms with Crippen LogP contribution in [0.5, 0.6) is 0 Å². The summed E-state index contributed by atoms with van der Waals surface area (Å²) in [6.45, 7) is 3.66. The smallest absolute Gasteiger partial charge is 0.251 e. The van der Waals surface area contributed by atoms with Gasteiger partial charge in [-0.25, -0.2) is 0 Å². The highest BCUT2D eigenvalue weighted by atomic mass is 32.2. The molecule has 0 bridgehead atoms. The van der Waals surface area contributed by atoms with Gasteiger partial charge in [0.25, 0.3) is 5.91 Å².